The Morgan fingerprint density at radius 1 is 1.03 bits per heavy atom. The van der Waals surface area contributed by atoms with Crippen LogP contribution in [-0.4, -0.2) is 14.5 Å². The van der Waals surface area contributed by atoms with Gasteiger partial charge in [-0.3, -0.25) is 0 Å². The molecular weight excluding hydrogens is 379 g/mol. The molecule has 0 aliphatic carbocycles. The lowest BCUT2D eigenvalue weighted by molar-refractivity contribution is 0.399. The number of nitrogens with zero attached hydrogens (tertiary/aromatic N) is 3. The van der Waals surface area contributed by atoms with Gasteiger partial charge in [0.1, 0.15) is 11.5 Å². The van der Waals surface area contributed by atoms with Gasteiger partial charge in [-0.15, -0.1) is 0 Å². The van der Waals surface area contributed by atoms with Crippen molar-refractivity contribution in [2.75, 3.05) is 5.73 Å². The highest BCUT2D eigenvalue weighted by molar-refractivity contribution is 5.86. The molecule has 0 saturated carbocycles. The molecule has 0 atom stereocenters. The third-order valence-corrected chi connectivity index (χ3v) is 4.97. The van der Waals surface area contributed by atoms with Gasteiger partial charge in [-0.2, -0.15) is 0 Å². The number of aromatic nitrogens is 3. The highest BCUT2D eigenvalue weighted by Crippen LogP contribution is 2.37. The molecule has 2 aromatic carbocycles. The van der Waals surface area contributed by atoms with Gasteiger partial charge in [-0.25, -0.2) is 14.4 Å². The van der Waals surface area contributed by atoms with E-state index < -0.39 is 0 Å². The van der Waals surface area contributed by atoms with Crippen molar-refractivity contribution in [3.05, 3.63) is 54.2 Å². The van der Waals surface area contributed by atoms with E-state index in [0.29, 0.717) is 29.2 Å². The Labute approximate surface area is 175 Å². The van der Waals surface area contributed by atoms with Gasteiger partial charge in [0.05, 0.1) is 11.0 Å². The lowest BCUT2D eigenvalue weighted by atomic mass is 9.97. The predicted molar refractivity (Wildman–Crippen MR) is 119 cm³/mol. The SMILES string of the molecule is CC(C)Cn1c(N)nc2ccc(-c3oc(C(C)(C)C)nc3-c3ccc(F)cc3)cc21. The number of hydrogen-bond donors (Lipinski definition) is 1. The number of fused-ring (bicyclic) bond motifs is 1. The first-order chi connectivity index (χ1) is 14.1. The molecule has 0 radical (unpaired) electrons. The summed E-state index contributed by atoms with van der Waals surface area (Å²) in [6, 6.07) is 12.3. The summed E-state index contributed by atoms with van der Waals surface area (Å²) in [6.45, 7) is 11.2. The number of nitrogen functional groups attached to an aromatic ring is 1. The van der Waals surface area contributed by atoms with Gasteiger partial charge in [0.15, 0.2) is 5.76 Å². The molecule has 5 nitrogen and oxygen atoms in total. The van der Waals surface area contributed by atoms with E-state index in [-0.39, 0.29) is 11.2 Å². The van der Waals surface area contributed by atoms with E-state index in [1.54, 1.807) is 12.1 Å². The quantitative estimate of drug-likeness (QED) is 0.449. The van der Waals surface area contributed by atoms with Gasteiger partial charge in [0.25, 0.3) is 0 Å². The molecule has 0 aliphatic heterocycles. The Morgan fingerprint density at radius 2 is 1.70 bits per heavy atom. The number of nitrogens with two attached hydrogens (primary N) is 1. The van der Waals surface area contributed by atoms with E-state index in [4.69, 9.17) is 15.1 Å². The summed E-state index contributed by atoms with van der Waals surface area (Å²) in [6.07, 6.45) is 0. The largest absolute Gasteiger partial charge is 0.439 e. The first-order valence-electron chi connectivity index (χ1n) is 10.2. The lowest BCUT2D eigenvalue weighted by Gasteiger charge is -2.12. The van der Waals surface area contributed by atoms with E-state index in [1.165, 1.54) is 12.1 Å². The highest BCUT2D eigenvalue weighted by Gasteiger charge is 2.25. The number of benzene rings is 2. The molecule has 156 valence electrons. The average Bonchev–Trinajstić information content (AvgIpc) is 3.24. The molecule has 0 spiro atoms. The molecule has 0 unspecified atom stereocenters. The normalized spacial score (nSPS) is 12.2. The summed E-state index contributed by atoms with van der Waals surface area (Å²) in [5, 5.41) is 0. The van der Waals surface area contributed by atoms with Crippen LogP contribution in [0.5, 0.6) is 0 Å². The Bertz CT molecular complexity index is 1200. The fraction of sp³-hybridized carbons (Fsp3) is 0.333. The molecule has 2 N–H and O–H groups in total. The van der Waals surface area contributed by atoms with Crippen LogP contribution in [-0.2, 0) is 12.0 Å². The Morgan fingerprint density at radius 3 is 2.33 bits per heavy atom. The second-order valence-corrected chi connectivity index (χ2v) is 9.13. The van der Waals surface area contributed by atoms with E-state index in [9.17, 15) is 4.39 Å². The summed E-state index contributed by atoms with van der Waals surface area (Å²) in [5.41, 5.74) is 10.1. The Balaban J connectivity index is 1.91. The maximum Gasteiger partial charge on any atom is 0.201 e. The summed E-state index contributed by atoms with van der Waals surface area (Å²) < 4.78 is 21.8. The Kier molecular flexibility index (Phi) is 4.88. The fourth-order valence-corrected chi connectivity index (χ4v) is 3.48. The molecular formula is C24H27FN4O. The molecule has 0 amide bonds. The van der Waals surface area contributed by atoms with Crippen molar-refractivity contribution >= 4 is 17.0 Å². The number of oxazole rings is 1. The zero-order chi connectivity index (χ0) is 21.6. The van der Waals surface area contributed by atoms with Crippen LogP contribution in [0.2, 0.25) is 0 Å². The molecule has 6 heteroatoms. The second kappa shape index (κ2) is 7.27. The maximum atomic E-state index is 13.5. The first-order valence-corrected chi connectivity index (χ1v) is 10.2. The minimum atomic E-state index is -0.283. The monoisotopic (exact) mass is 406 g/mol. The average molecular weight is 407 g/mol. The van der Waals surface area contributed by atoms with E-state index in [2.05, 4.69) is 39.6 Å². The number of halogens is 1. The van der Waals surface area contributed by atoms with Gasteiger partial charge in [0, 0.05) is 23.1 Å². The minimum Gasteiger partial charge on any atom is -0.439 e. The maximum absolute atomic E-state index is 13.5. The van der Waals surface area contributed by atoms with Crippen molar-refractivity contribution in [3.63, 3.8) is 0 Å². The highest BCUT2D eigenvalue weighted by atomic mass is 19.1. The molecule has 4 aromatic rings. The molecule has 2 aromatic heterocycles. The van der Waals surface area contributed by atoms with Crippen molar-refractivity contribution in [3.8, 4) is 22.6 Å². The number of anilines is 1. The summed E-state index contributed by atoms with van der Waals surface area (Å²) in [5.74, 6) is 1.94. The number of rotatable bonds is 4. The van der Waals surface area contributed by atoms with Crippen molar-refractivity contribution in [2.24, 2.45) is 5.92 Å². The lowest BCUT2D eigenvalue weighted by Crippen LogP contribution is -2.11. The van der Waals surface area contributed by atoms with Crippen LogP contribution in [0, 0.1) is 11.7 Å². The zero-order valence-corrected chi connectivity index (χ0v) is 18.0. The van der Waals surface area contributed by atoms with Crippen LogP contribution < -0.4 is 5.73 Å². The second-order valence-electron chi connectivity index (χ2n) is 9.13. The van der Waals surface area contributed by atoms with Crippen LogP contribution in [0.15, 0.2) is 46.9 Å². The summed E-state index contributed by atoms with van der Waals surface area (Å²) in [7, 11) is 0. The van der Waals surface area contributed by atoms with Crippen LogP contribution in [0.3, 0.4) is 0 Å². The Hall–Kier alpha value is -3.15. The smallest absolute Gasteiger partial charge is 0.201 e. The van der Waals surface area contributed by atoms with Crippen LogP contribution in [0.25, 0.3) is 33.6 Å². The van der Waals surface area contributed by atoms with Crippen LogP contribution >= 0.6 is 0 Å². The van der Waals surface area contributed by atoms with E-state index in [1.807, 2.05) is 22.8 Å². The van der Waals surface area contributed by atoms with Gasteiger partial charge in [-0.1, -0.05) is 34.6 Å². The summed E-state index contributed by atoms with van der Waals surface area (Å²) >= 11 is 0. The van der Waals surface area contributed by atoms with Crippen molar-refractivity contribution in [1.29, 1.82) is 0 Å². The molecule has 0 fully saturated rings. The number of hydrogen-bond acceptors (Lipinski definition) is 4. The zero-order valence-electron chi connectivity index (χ0n) is 18.0. The van der Waals surface area contributed by atoms with Crippen molar-refractivity contribution in [2.45, 2.75) is 46.6 Å². The number of imidazole rings is 1. The van der Waals surface area contributed by atoms with Crippen LogP contribution in [0.4, 0.5) is 10.3 Å². The van der Waals surface area contributed by atoms with Crippen LogP contribution in [0.1, 0.15) is 40.5 Å². The van der Waals surface area contributed by atoms with E-state index in [0.717, 1.165) is 28.7 Å². The first kappa shape index (κ1) is 20.1. The van der Waals surface area contributed by atoms with Gasteiger partial charge >= 0.3 is 0 Å². The molecule has 30 heavy (non-hydrogen) atoms. The van der Waals surface area contributed by atoms with Crippen molar-refractivity contribution < 1.29 is 8.81 Å². The third kappa shape index (κ3) is 3.70. The molecule has 2 heterocycles. The summed E-state index contributed by atoms with van der Waals surface area (Å²) in [4.78, 5) is 9.27. The topological polar surface area (TPSA) is 69.9 Å². The molecule has 0 saturated heterocycles. The molecule has 4 rings (SSSR count). The predicted octanol–water partition coefficient (Wildman–Crippen LogP) is 6.03. The molecule has 0 aliphatic rings. The minimum absolute atomic E-state index is 0.263. The standard InChI is InChI=1S/C24H27FN4O/c1-14(2)13-29-19-12-16(8-11-18(19)27-23(29)26)21-20(15-6-9-17(25)10-7-15)28-22(30-21)24(3,4)5/h6-12,14H,13H2,1-5H3,(H2,26,27). The third-order valence-electron chi connectivity index (χ3n) is 4.97. The van der Waals surface area contributed by atoms with E-state index >= 15 is 0 Å². The van der Waals surface area contributed by atoms with Crippen molar-refractivity contribution in [1.82, 2.24) is 14.5 Å². The molecule has 0 bridgehead atoms. The van der Waals surface area contributed by atoms with Gasteiger partial charge in [0.2, 0.25) is 11.8 Å². The van der Waals surface area contributed by atoms with Gasteiger partial charge in [-0.05, 0) is 48.4 Å². The van der Waals surface area contributed by atoms with Gasteiger partial charge < -0.3 is 14.7 Å². The fourth-order valence-electron chi connectivity index (χ4n) is 3.48.